The first-order chi connectivity index (χ1) is 16.8. The molecule has 2 heterocycles. The van der Waals surface area contributed by atoms with Gasteiger partial charge in [-0.1, -0.05) is 36.4 Å². The topological polar surface area (TPSA) is 109 Å². The number of sulfonamides is 1. The van der Waals surface area contributed by atoms with Gasteiger partial charge in [0.25, 0.3) is 5.91 Å². The summed E-state index contributed by atoms with van der Waals surface area (Å²) in [7, 11) is -0.770. The zero-order valence-electron chi connectivity index (χ0n) is 19.7. The van der Waals surface area contributed by atoms with Crippen molar-refractivity contribution >= 4 is 38.6 Å². The molecular formula is C25H28N4O5S. The lowest BCUT2D eigenvalue weighted by atomic mass is 10.1. The van der Waals surface area contributed by atoms with Gasteiger partial charge in [0.15, 0.2) is 6.61 Å². The minimum Gasteiger partial charge on any atom is -0.452 e. The van der Waals surface area contributed by atoms with Gasteiger partial charge in [-0.3, -0.25) is 4.79 Å². The van der Waals surface area contributed by atoms with Crippen LogP contribution >= 0.6 is 0 Å². The molecule has 1 aliphatic rings. The van der Waals surface area contributed by atoms with E-state index >= 15 is 0 Å². The summed E-state index contributed by atoms with van der Waals surface area (Å²) >= 11 is 0. The predicted octanol–water partition coefficient (Wildman–Crippen LogP) is 2.56. The van der Waals surface area contributed by atoms with Crippen molar-refractivity contribution in [3.05, 3.63) is 65.7 Å². The van der Waals surface area contributed by atoms with Gasteiger partial charge in [0.1, 0.15) is 11.4 Å². The normalized spacial score (nSPS) is 13.9. The maximum Gasteiger partial charge on any atom is 0.342 e. The average Bonchev–Trinajstić information content (AvgIpc) is 3.40. The van der Waals surface area contributed by atoms with Gasteiger partial charge in [-0.25, -0.2) is 22.5 Å². The summed E-state index contributed by atoms with van der Waals surface area (Å²) in [6.45, 7) is 1.10. The molecule has 0 atom stereocenters. The number of amides is 1. The van der Waals surface area contributed by atoms with Gasteiger partial charge in [-0.15, -0.1) is 0 Å². The van der Waals surface area contributed by atoms with Crippen molar-refractivity contribution in [1.82, 2.24) is 14.6 Å². The van der Waals surface area contributed by atoms with Crippen LogP contribution < -0.4 is 10.2 Å². The first-order valence-corrected chi connectivity index (χ1v) is 12.8. The Kier molecular flexibility index (Phi) is 7.32. The van der Waals surface area contributed by atoms with Crippen LogP contribution in [0.4, 0.5) is 5.82 Å². The predicted molar refractivity (Wildman–Crippen MR) is 133 cm³/mol. The van der Waals surface area contributed by atoms with E-state index in [0.717, 1.165) is 41.1 Å². The number of fused-ring (bicyclic) bond motifs is 1. The van der Waals surface area contributed by atoms with E-state index in [4.69, 9.17) is 9.72 Å². The molecule has 1 aliphatic heterocycles. The SMILES string of the molecule is CN(C)S(=O)(=O)c1ccccc1CNC(=O)COC(=O)c1cc2ccccc2nc1N1CCCC1. The van der Waals surface area contributed by atoms with Gasteiger partial charge in [0.2, 0.25) is 10.0 Å². The van der Waals surface area contributed by atoms with E-state index in [1.165, 1.54) is 20.2 Å². The average molecular weight is 497 g/mol. The van der Waals surface area contributed by atoms with Crippen LogP contribution in [0.1, 0.15) is 28.8 Å². The van der Waals surface area contributed by atoms with E-state index in [1.54, 1.807) is 24.3 Å². The Morgan fingerprint density at radius 3 is 2.49 bits per heavy atom. The van der Waals surface area contributed by atoms with E-state index in [1.807, 2.05) is 24.3 Å². The van der Waals surface area contributed by atoms with Crippen LogP contribution in [0.25, 0.3) is 10.9 Å². The number of pyridine rings is 1. The summed E-state index contributed by atoms with van der Waals surface area (Å²) < 4.78 is 31.5. The van der Waals surface area contributed by atoms with Crippen LogP contribution in [-0.4, -0.2) is 63.4 Å². The van der Waals surface area contributed by atoms with Crippen molar-refractivity contribution in [2.24, 2.45) is 0 Å². The molecule has 1 fully saturated rings. The number of nitrogens with zero attached hydrogens (tertiary/aromatic N) is 3. The highest BCUT2D eigenvalue weighted by Crippen LogP contribution is 2.27. The number of para-hydroxylation sites is 1. The Balaban J connectivity index is 1.44. The first kappa shape index (κ1) is 24.6. The van der Waals surface area contributed by atoms with Gasteiger partial charge in [-0.05, 0) is 36.6 Å². The molecule has 0 unspecified atom stereocenters. The van der Waals surface area contributed by atoms with Gasteiger partial charge in [-0.2, -0.15) is 0 Å². The molecule has 2 aromatic carbocycles. The number of hydrogen-bond acceptors (Lipinski definition) is 7. The number of anilines is 1. The molecule has 184 valence electrons. The Labute approximate surface area is 204 Å². The molecule has 0 radical (unpaired) electrons. The summed E-state index contributed by atoms with van der Waals surface area (Å²) in [5.74, 6) is -0.600. The number of ether oxygens (including phenoxy) is 1. The van der Waals surface area contributed by atoms with E-state index in [0.29, 0.717) is 16.9 Å². The fourth-order valence-corrected chi connectivity index (χ4v) is 5.09. The third kappa shape index (κ3) is 5.44. The maximum atomic E-state index is 13.0. The second-order valence-electron chi connectivity index (χ2n) is 8.49. The molecule has 1 N–H and O–H groups in total. The highest BCUT2D eigenvalue weighted by Gasteiger charge is 2.24. The molecule has 1 amide bonds. The standard InChI is InChI=1S/C25H28N4O5S/c1-28(2)35(32,33)22-12-6-4-10-19(22)16-26-23(30)17-34-25(31)20-15-18-9-3-5-11-21(18)27-24(20)29-13-7-8-14-29/h3-6,9-12,15H,7-8,13-14,16-17H2,1-2H3,(H,26,30). The highest BCUT2D eigenvalue weighted by molar-refractivity contribution is 7.89. The molecular weight excluding hydrogens is 468 g/mol. The minimum atomic E-state index is -3.66. The van der Waals surface area contributed by atoms with Crippen LogP contribution in [0.2, 0.25) is 0 Å². The fraction of sp³-hybridized carbons (Fsp3) is 0.320. The Hall–Kier alpha value is -3.50. The Morgan fingerprint density at radius 2 is 1.74 bits per heavy atom. The van der Waals surface area contributed by atoms with Crippen LogP contribution in [0.15, 0.2) is 59.5 Å². The third-order valence-corrected chi connectivity index (χ3v) is 7.79. The number of esters is 1. The molecule has 3 aromatic rings. The first-order valence-electron chi connectivity index (χ1n) is 11.4. The molecule has 0 spiro atoms. The zero-order chi connectivity index (χ0) is 25.0. The summed E-state index contributed by atoms with van der Waals surface area (Å²) in [4.78, 5) is 32.2. The number of benzene rings is 2. The lowest BCUT2D eigenvalue weighted by Gasteiger charge is -2.20. The molecule has 10 heteroatoms. The Bertz CT molecular complexity index is 1350. The largest absolute Gasteiger partial charge is 0.452 e. The van der Waals surface area contributed by atoms with Crippen molar-refractivity contribution < 1.29 is 22.7 Å². The fourth-order valence-electron chi connectivity index (χ4n) is 3.98. The second-order valence-corrected chi connectivity index (χ2v) is 10.6. The van der Waals surface area contributed by atoms with E-state index < -0.39 is 28.5 Å². The summed E-state index contributed by atoms with van der Waals surface area (Å²) in [6, 6.07) is 15.7. The third-order valence-electron chi connectivity index (χ3n) is 5.87. The summed E-state index contributed by atoms with van der Waals surface area (Å²) in [5, 5.41) is 3.44. The number of aromatic nitrogens is 1. The van der Waals surface area contributed by atoms with Crippen LogP contribution in [-0.2, 0) is 26.1 Å². The van der Waals surface area contributed by atoms with Crippen LogP contribution in [0, 0.1) is 0 Å². The van der Waals surface area contributed by atoms with Gasteiger partial charge < -0.3 is 15.0 Å². The lowest BCUT2D eigenvalue weighted by Crippen LogP contribution is -2.30. The summed E-state index contributed by atoms with van der Waals surface area (Å²) in [5.41, 5.74) is 1.55. The number of nitrogens with one attached hydrogen (secondary N) is 1. The van der Waals surface area contributed by atoms with Crippen molar-refractivity contribution in [2.75, 3.05) is 38.7 Å². The Morgan fingerprint density at radius 1 is 1.06 bits per heavy atom. The van der Waals surface area contributed by atoms with Gasteiger partial charge in [0, 0.05) is 39.1 Å². The molecule has 0 saturated carbocycles. The van der Waals surface area contributed by atoms with Gasteiger partial charge in [0.05, 0.1) is 10.4 Å². The quantitative estimate of drug-likeness (QED) is 0.478. The van der Waals surface area contributed by atoms with Crippen LogP contribution in [0.5, 0.6) is 0 Å². The number of carbonyl (C=O) groups is 2. The number of rotatable bonds is 8. The molecule has 1 aromatic heterocycles. The van der Waals surface area contributed by atoms with Gasteiger partial charge >= 0.3 is 5.97 Å². The smallest absolute Gasteiger partial charge is 0.342 e. The summed E-state index contributed by atoms with van der Waals surface area (Å²) in [6.07, 6.45) is 2.05. The highest BCUT2D eigenvalue weighted by atomic mass is 32.2. The molecule has 9 nitrogen and oxygen atoms in total. The van der Waals surface area contributed by atoms with Crippen molar-refractivity contribution in [3.8, 4) is 0 Å². The van der Waals surface area contributed by atoms with Crippen molar-refractivity contribution in [2.45, 2.75) is 24.3 Å². The number of hydrogen-bond donors (Lipinski definition) is 1. The zero-order valence-corrected chi connectivity index (χ0v) is 20.5. The molecule has 4 rings (SSSR count). The van der Waals surface area contributed by atoms with E-state index in [9.17, 15) is 18.0 Å². The molecule has 0 aliphatic carbocycles. The minimum absolute atomic E-state index is 0.0177. The van der Waals surface area contributed by atoms with Crippen molar-refractivity contribution in [3.63, 3.8) is 0 Å². The van der Waals surface area contributed by atoms with E-state index in [2.05, 4.69) is 10.2 Å². The van der Waals surface area contributed by atoms with Crippen LogP contribution in [0.3, 0.4) is 0 Å². The molecule has 0 bridgehead atoms. The van der Waals surface area contributed by atoms with E-state index in [-0.39, 0.29) is 11.4 Å². The molecule has 1 saturated heterocycles. The second kappa shape index (κ2) is 10.4. The molecule has 35 heavy (non-hydrogen) atoms. The van der Waals surface area contributed by atoms with Crippen molar-refractivity contribution in [1.29, 1.82) is 0 Å². The monoisotopic (exact) mass is 496 g/mol. The lowest BCUT2D eigenvalue weighted by molar-refractivity contribution is -0.124. The number of carbonyl (C=O) groups excluding carboxylic acids is 2. The maximum absolute atomic E-state index is 13.0.